The van der Waals surface area contributed by atoms with Crippen LogP contribution in [0.3, 0.4) is 0 Å². The molecule has 33 valence electrons. The highest BCUT2D eigenvalue weighted by Gasteiger charge is 1.77. The fraction of sp³-hybridized carbons (Fsp3) is 0. The maximum Gasteiger partial charge on any atom is 0.0936 e. The monoisotopic (exact) mass is 90.0 g/mol. The molecular weight excluding hydrogens is 86.1 g/mol. The molecule has 7 heavy (non-hydrogen) atoms. The molecule has 0 bridgehead atoms. The SMILES string of the molecule is [N]c1[c]cccc1. The molecule has 0 unspecified atom stereocenters. The average molecular weight is 90.1 g/mol. The molecule has 0 aliphatic rings. The van der Waals surface area contributed by atoms with Crippen LogP contribution in [0.15, 0.2) is 24.3 Å². The van der Waals surface area contributed by atoms with E-state index in [0.717, 1.165) is 0 Å². The Bertz CT molecular complexity index is 134. The third-order valence-corrected chi connectivity index (χ3v) is 0.693. The van der Waals surface area contributed by atoms with Crippen molar-refractivity contribution in [2.45, 2.75) is 0 Å². The van der Waals surface area contributed by atoms with Crippen LogP contribution in [0, 0.1) is 6.07 Å². The van der Waals surface area contributed by atoms with Crippen molar-refractivity contribution in [2.24, 2.45) is 0 Å². The minimum atomic E-state index is 0.197. The summed E-state index contributed by atoms with van der Waals surface area (Å²) in [6.07, 6.45) is 0. The predicted octanol–water partition coefficient (Wildman–Crippen LogP) is 1.19. The van der Waals surface area contributed by atoms with Crippen LogP contribution in [0.4, 0.5) is 5.69 Å². The number of hydrogen-bond acceptors (Lipinski definition) is 0. The third-order valence-electron chi connectivity index (χ3n) is 0.693. The van der Waals surface area contributed by atoms with Gasteiger partial charge >= 0.3 is 0 Å². The highest BCUT2D eigenvalue weighted by Crippen LogP contribution is 1.97. The molecule has 1 nitrogen and oxygen atoms in total. The van der Waals surface area contributed by atoms with E-state index in [2.05, 4.69) is 6.07 Å². The molecular formula is C6H4N. The van der Waals surface area contributed by atoms with Gasteiger partial charge in [-0.2, -0.15) is 0 Å². The first kappa shape index (κ1) is 4.19. The van der Waals surface area contributed by atoms with E-state index in [9.17, 15) is 0 Å². The first-order valence-electron chi connectivity index (χ1n) is 2.05. The summed E-state index contributed by atoms with van der Waals surface area (Å²) in [6.45, 7) is 0. The molecule has 0 N–H and O–H groups in total. The molecule has 0 heterocycles. The van der Waals surface area contributed by atoms with Gasteiger partial charge in [-0.15, -0.1) is 5.73 Å². The molecule has 1 rings (SSSR count). The number of nitrogens with zero attached hydrogens (tertiary/aromatic N) is 1. The maximum atomic E-state index is 8.58. The van der Waals surface area contributed by atoms with Gasteiger partial charge in [-0.05, 0) is 6.07 Å². The molecule has 0 saturated carbocycles. The third kappa shape index (κ3) is 0.929. The van der Waals surface area contributed by atoms with E-state index in [4.69, 9.17) is 5.73 Å². The topological polar surface area (TPSA) is 22.3 Å². The lowest BCUT2D eigenvalue weighted by Crippen LogP contribution is -1.62. The first-order chi connectivity index (χ1) is 3.39. The van der Waals surface area contributed by atoms with E-state index in [-0.39, 0.29) is 5.69 Å². The molecule has 1 aromatic rings. The van der Waals surface area contributed by atoms with Crippen molar-refractivity contribution in [1.82, 2.24) is 5.73 Å². The van der Waals surface area contributed by atoms with Crippen molar-refractivity contribution < 1.29 is 0 Å². The molecule has 0 amide bonds. The van der Waals surface area contributed by atoms with Crippen molar-refractivity contribution in [3.05, 3.63) is 30.3 Å². The van der Waals surface area contributed by atoms with Crippen LogP contribution < -0.4 is 5.73 Å². The van der Waals surface area contributed by atoms with E-state index in [1.165, 1.54) is 0 Å². The van der Waals surface area contributed by atoms with Crippen molar-refractivity contribution in [1.29, 1.82) is 0 Å². The Labute approximate surface area is 42.8 Å². The molecule has 1 heteroatoms. The van der Waals surface area contributed by atoms with E-state index in [1.807, 2.05) is 0 Å². The summed E-state index contributed by atoms with van der Waals surface area (Å²) in [6, 6.07) is 9.39. The zero-order chi connectivity index (χ0) is 5.11. The van der Waals surface area contributed by atoms with Gasteiger partial charge in [-0.3, -0.25) is 0 Å². The fourth-order valence-corrected chi connectivity index (χ4v) is 0.384. The Morgan fingerprint density at radius 3 is 2.57 bits per heavy atom. The quantitative estimate of drug-likeness (QED) is 0.456. The second-order valence-corrected chi connectivity index (χ2v) is 1.25. The fourth-order valence-electron chi connectivity index (χ4n) is 0.384. The zero-order valence-corrected chi connectivity index (χ0v) is 3.76. The molecule has 0 saturated heterocycles. The van der Waals surface area contributed by atoms with Gasteiger partial charge in [0.2, 0.25) is 0 Å². The summed E-state index contributed by atoms with van der Waals surface area (Å²) in [4.78, 5) is 0. The Morgan fingerprint density at radius 2 is 2.29 bits per heavy atom. The van der Waals surface area contributed by atoms with Crippen LogP contribution in [0.1, 0.15) is 0 Å². The zero-order valence-electron chi connectivity index (χ0n) is 3.76. The largest absolute Gasteiger partial charge is 0.150 e. The van der Waals surface area contributed by atoms with Crippen molar-refractivity contribution >= 4 is 5.69 Å². The van der Waals surface area contributed by atoms with Crippen LogP contribution in [-0.4, -0.2) is 0 Å². The van der Waals surface area contributed by atoms with Gasteiger partial charge in [0.25, 0.3) is 0 Å². The second-order valence-electron chi connectivity index (χ2n) is 1.25. The van der Waals surface area contributed by atoms with Crippen LogP contribution in [0.5, 0.6) is 0 Å². The van der Waals surface area contributed by atoms with Crippen LogP contribution in [0.25, 0.3) is 0 Å². The van der Waals surface area contributed by atoms with Crippen LogP contribution in [0.2, 0.25) is 0 Å². The lowest BCUT2D eigenvalue weighted by molar-refractivity contribution is 1.48. The van der Waals surface area contributed by atoms with Gasteiger partial charge in [0.1, 0.15) is 0 Å². The van der Waals surface area contributed by atoms with Crippen molar-refractivity contribution in [3.8, 4) is 0 Å². The summed E-state index contributed by atoms with van der Waals surface area (Å²) in [5, 5.41) is 0. The van der Waals surface area contributed by atoms with Gasteiger partial charge in [-0.1, -0.05) is 18.2 Å². The molecule has 3 radical (unpaired) electrons. The van der Waals surface area contributed by atoms with E-state index in [1.54, 1.807) is 24.3 Å². The Morgan fingerprint density at radius 1 is 1.43 bits per heavy atom. The first-order valence-corrected chi connectivity index (χ1v) is 2.05. The summed E-state index contributed by atoms with van der Waals surface area (Å²) < 4.78 is 0. The number of benzene rings is 1. The van der Waals surface area contributed by atoms with Crippen LogP contribution >= 0.6 is 0 Å². The number of rotatable bonds is 0. The summed E-state index contributed by atoms with van der Waals surface area (Å²) in [5.41, 5.74) is 8.77. The van der Waals surface area contributed by atoms with Crippen molar-refractivity contribution in [2.75, 3.05) is 0 Å². The van der Waals surface area contributed by atoms with Gasteiger partial charge in [-0.25, -0.2) is 0 Å². The minimum Gasteiger partial charge on any atom is -0.150 e. The normalized spacial score (nSPS) is 8.57. The van der Waals surface area contributed by atoms with Gasteiger partial charge in [0, 0.05) is 6.07 Å². The number of hydrogen-bond donors (Lipinski definition) is 0. The summed E-state index contributed by atoms with van der Waals surface area (Å²) in [7, 11) is 0. The smallest absolute Gasteiger partial charge is 0.0936 e. The molecule has 0 spiro atoms. The van der Waals surface area contributed by atoms with Crippen LogP contribution in [-0.2, 0) is 0 Å². The van der Waals surface area contributed by atoms with Crippen molar-refractivity contribution in [3.63, 3.8) is 0 Å². The Hall–Kier alpha value is -0.980. The second kappa shape index (κ2) is 1.65. The molecule has 0 aliphatic carbocycles. The van der Waals surface area contributed by atoms with E-state index >= 15 is 0 Å². The highest BCUT2D eigenvalue weighted by molar-refractivity contribution is 5.30. The van der Waals surface area contributed by atoms with Gasteiger partial charge < -0.3 is 0 Å². The van der Waals surface area contributed by atoms with E-state index in [0.29, 0.717) is 0 Å². The Balaban J connectivity index is 3.02. The molecule has 0 atom stereocenters. The minimum absolute atomic E-state index is 0.197. The predicted molar refractivity (Wildman–Crippen MR) is 27.1 cm³/mol. The Kier molecular flexibility index (Phi) is 0.984. The molecule has 1 aromatic carbocycles. The van der Waals surface area contributed by atoms with Gasteiger partial charge in [0.05, 0.1) is 5.69 Å². The van der Waals surface area contributed by atoms with E-state index < -0.39 is 0 Å². The summed E-state index contributed by atoms with van der Waals surface area (Å²) >= 11 is 0. The van der Waals surface area contributed by atoms with Gasteiger partial charge in [0.15, 0.2) is 0 Å². The maximum absolute atomic E-state index is 8.58. The molecule has 0 aromatic heterocycles. The molecule has 0 fully saturated rings. The highest BCUT2D eigenvalue weighted by atomic mass is 14.5. The standard InChI is InChI=1S/C6H4N/c7-6-4-2-1-3-5-6/h1-4H. The lowest BCUT2D eigenvalue weighted by atomic mass is 10.3. The lowest BCUT2D eigenvalue weighted by Gasteiger charge is -1.78. The molecule has 0 aliphatic heterocycles. The summed E-state index contributed by atoms with van der Waals surface area (Å²) in [5.74, 6) is 0. The average Bonchev–Trinajstić information content (AvgIpc) is 1.69.